The first kappa shape index (κ1) is 13.8. The Bertz CT molecular complexity index is 410. The number of nitrogens with one attached hydrogen (secondary N) is 1. The van der Waals surface area contributed by atoms with Gasteiger partial charge in [0, 0.05) is 17.2 Å². The van der Waals surface area contributed by atoms with Crippen molar-refractivity contribution in [3.05, 3.63) is 39.9 Å². The lowest BCUT2D eigenvalue weighted by Gasteiger charge is -2.18. The highest BCUT2D eigenvalue weighted by molar-refractivity contribution is 6.32. The van der Waals surface area contributed by atoms with E-state index in [1.54, 1.807) is 0 Å². The summed E-state index contributed by atoms with van der Waals surface area (Å²) >= 11 is 6.10. The second kappa shape index (κ2) is 6.47. The predicted molar refractivity (Wildman–Crippen MR) is 72.1 cm³/mol. The molecule has 92 valence electrons. The van der Waals surface area contributed by atoms with Gasteiger partial charge in [0.2, 0.25) is 0 Å². The van der Waals surface area contributed by atoms with Crippen molar-refractivity contribution in [3.8, 4) is 0 Å². The molecule has 0 radical (unpaired) electrons. The Morgan fingerprint density at radius 1 is 1.71 bits per heavy atom. The van der Waals surface area contributed by atoms with E-state index in [0.717, 1.165) is 18.5 Å². The van der Waals surface area contributed by atoms with Gasteiger partial charge in [-0.05, 0) is 31.5 Å². The van der Waals surface area contributed by atoms with Gasteiger partial charge in [0.05, 0.1) is 5.70 Å². The summed E-state index contributed by atoms with van der Waals surface area (Å²) in [6.07, 6.45) is 4.87. The number of allylic oxidation sites excluding steroid dienone is 2. The number of hydrogen-bond donors (Lipinski definition) is 1. The minimum Gasteiger partial charge on any atom is -0.319 e. The molecule has 0 aromatic rings. The third-order valence-corrected chi connectivity index (χ3v) is 2.82. The van der Waals surface area contributed by atoms with Crippen molar-refractivity contribution in [1.82, 2.24) is 5.32 Å². The Kier molecular flexibility index (Phi) is 5.25. The van der Waals surface area contributed by atoms with E-state index in [1.807, 2.05) is 19.2 Å². The van der Waals surface area contributed by atoms with Gasteiger partial charge in [0.25, 0.3) is 0 Å². The molecule has 0 heterocycles. The summed E-state index contributed by atoms with van der Waals surface area (Å²) < 4.78 is 0. The predicted octanol–water partition coefficient (Wildman–Crippen LogP) is 2.97. The van der Waals surface area contributed by atoms with Gasteiger partial charge >= 0.3 is 0 Å². The first-order valence-corrected chi connectivity index (χ1v) is 5.76. The average Bonchev–Trinajstić information content (AvgIpc) is 2.31. The quantitative estimate of drug-likeness (QED) is 0.476. The molecule has 1 rings (SSSR count). The molecule has 0 bridgehead atoms. The minimum absolute atomic E-state index is 0.149. The number of hydrogen-bond acceptors (Lipinski definition) is 3. The number of nitrogens with zero attached hydrogens (tertiary/aromatic N) is 2. The molecule has 17 heavy (non-hydrogen) atoms. The topological polar surface area (TPSA) is 53.8 Å². The van der Waals surface area contributed by atoms with Crippen molar-refractivity contribution >= 4 is 17.4 Å². The fourth-order valence-electron chi connectivity index (χ4n) is 1.66. The first-order valence-electron chi connectivity index (χ1n) is 5.38. The Morgan fingerprint density at radius 3 is 3.00 bits per heavy atom. The van der Waals surface area contributed by atoms with Gasteiger partial charge in [0.15, 0.2) is 5.84 Å². The molecule has 1 aliphatic rings. The molecule has 0 aliphatic heterocycles. The van der Waals surface area contributed by atoms with Gasteiger partial charge in [-0.3, -0.25) is 0 Å². The van der Waals surface area contributed by atoms with Gasteiger partial charge < -0.3 is 5.32 Å². The molecule has 0 aromatic heterocycles. The molecule has 0 amide bonds. The Balaban J connectivity index is 2.89. The lowest BCUT2D eigenvalue weighted by Crippen LogP contribution is -2.18. The zero-order chi connectivity index (χ0) is 12.8. The van der Waals surface area contributed by atoms with Gasteiger partial charge in [0.1, 0.15) is 0 Å². The van der Waals surface area contributed by atoms with Crippen LogP contribution >= 0.6 is 11.6 Å². The van der Waals surface area contributed by atoms with E-state index in [-0.39, 0.29) is 5.84 Å². The lowest BCUT2D eigenvalue weighted by atomic mass is 9.94. The molecule has 4 nitrogen and oxygen atoms in total. The molecule has 0 spiro atoms. The van der Waals surface area contributed by atoms with E-state index in [1.165, 1.54) is 6.92 Å². The Hall–Kier alpha value is -1.26. The maximum Gasteiger partial charge on any atom is 0.170 e. The van der Waals surface area contributed by atoms with E-state index in [0.29, 0.717) is 16.6 Å². The second-order valence-corrected chi connectivity index (χ2v) is 4.29. The zero-order valence-electron chi connectivity index (χ0n) is 10.0. The summed E-state index contributed by atoms with van der Waals surface area (Å²) in [5, 5.41) is 6.48. The lowest BCUT2D eigenvalue weighted by molar-refractivity contribution is 0.598. The fraction of sp³-hybridized carbons (Fsp3) is 0.417. The summed E-state index contributed by atoms with van der Waals surface area (Å²) in [5.74, 6) is 0.519. The fourth-order valence-corrected chi connectivity index (χ4v) is 1.92. The highest BCUT2D eigenvalue weighted by Gasteiger charge is 2.16. The normalized spacial score (nSPS) is 20.6. The average molecular weight is 254 g/mol. The molecule has 0 saturated carbocycles. The van der Waals surface area contributed by atoms with E-state index < -0.39 is 0 Å². The number of aliphatic imine (C=N–C) groups is 1. The molecule has 0 saturated heterocycles. The van der Waals surface area contributed by atoms with Crippen LogP contribution in [-0.4, -0.2) is 19.4 Å². The highest BCUT2D eigenvalue weighted by atomic mass is 35.5. The molecule has 1 N–H and O–H groups in total. The molecule has 5 heteroatoms. The van der Waals surface area contributed by atoms with Gasteiger partial charge in [-0.15, -0.1) is 4.91 Å². The van der Waals surface area contributed by atoms with E-state index in [2.05, 4.69) is 22.1 Å². The number of amidine groups is 1. The Morgan fingerprint density at radius 2 is 2.41 bits per heavy atom. The number of halogens is 1. The third-order valence-electron chi connectivity index (χ3n) is 2.47. The van der Waals surface area contributed by atoms with E-state index in [9.17, 15) is 4.91 Å². The van der Waals surface area contributed by atoms with Crippen LogP contribution in [0.15, 0.2) is 45.2 Å². The minimum atomic E-state index is 0.149. The molecular weight excluding hydrogens is 238 g/mol. The summed E-state index contributed by atoms with van der Waals surface area (Å²) in [6.45, 7) is 6.21. The van der Waals surface area contributed by atoms with Crippen LogP contribution in [-0.2, 0) is 0 Å². The highest BCUT2D eigenvalue weighted by Crippen LogP contribution is 2.30. The smallest absolute Gasteiger partial charge is 0.170 e. The van der Waals surface area contributed by atoms with Crippen molar-refractivity contribution in [2.45, 2.75) is 13.3 Å². The molecule has 1 aliphatic carbocycles. The SMILES string of the molecule is C=C(N=C(C)N=O)C1=CC(CNC)CC=C1Cl. The van der Waals surface area contributed by atoms with Gasteiger partial charge in [-0.25, -0.2) is 4.99 Å². The van der Waals surface area contributed by atoms with Crippen LogP contribution < -0.4 is 5.32 Å². The largest absolute Gasteiger partial charge is 0.319 e. The molecular formula is C12H16ClN3O. The summed E-state index contributed by atoms with van der Waals surface area (Å²) in [6, 6.07) is 0. The zero-order valence-corrected chi connectivity index (χ0v) is 10.8. The third kappa shape index (κ3) is 3.91. The van der Waals surface area contributed by atoms with Crippen LogP contribution in [0.1, 0.15) is 13.3 Å². The number of nitroso groups, excluding NO2 is 1. The first-order chi connectivity index (χ1) is 8.08. The standard InChI is InChI=1S/C12H16ClN3O/c1-8(15-9(2)16-17)11-6-10(7-14-3)4-5-12(11)13/h5-6,10,14H,1,4,7H2,2-3H3. The second-order valence-electron chi connectivity index (χ2n) is 3.88. The summed E-state index contributed by atoms with van der Waals surface area (Å²) in [5.41, 5.74) is 1.25. The van der Waals surface area contributed by atoms with Crippen molar-refractivity contribution in [3.63, 3.8) is 0 Å². The molecule has 0 aromatic carbocycles. The maximum atomic E-state index is 10.3. The summed E-state index contributed by atoms with van der Waals surface area (Å²) in [4.78, 5) is 14.3. The van der Waals surface area contributed by atoms with Crippen LogP contribution in [0.4, 0.5) is 0 Å². The number of rotatable bonds is 4. The molecule has 1 atom stereocenters. The molecule has 0 fully saturated rings. The van der Waals surface area contributed by atoms with Gasteiger partial charge in [-0.2, -0.15) is 0 Å². The van der Waals surface area contributed by atoms with E-state index >= 15 is 0 Å². The van der Waals surface area contributed by atoms with Gasteiger partial charge in [-0.1, -0.05) is 30.3 Å². The van der Waals surface area contributed by atoms with E-state index in [4.69, 9.17) is 11.6 Å². The van der Waals surface area contributed by atoms with Crippen LogP contribution in [0.2, 0.25) is 0 Å². The van der Waals surface area contributed by atoms with Crippen molar-refractivity contribution < 1.29 is 0 Å². The van der Waals surface area contributed by atoms with Crippen LogP contribution in [0.25, 0.3) is 0 Å². The molecule has 1 unspecified atom stereocenters. The maximum absolute atomic E-state index is 10.3. The Labute approximate surface area is 106 Å². The summed E-state index contributed by atoms with van der Waals surface area (Å²) in [7, 11) is 1.90. The van der Waals surface area contributed by atoms with Crippen molar-refractivity contribution in [2.75, 3.05) is 13.6 Å². The van der Waals surface area contributed by atoms with Crippen molar-refractivity contribution in [2.24, 2.45) is 16.1 Å². The van der Waals surface area contributed by atoms with Crippen LogP contribution in [0, 0.1) is 10.8 Å². The van der Waals surface area contributed by atoms with Crippen molar-refractivity contribution in [1.29, 1.82) is 0 Å². The monoisotopic (exact) mass is 253 g/mol. The van der Waals surface area contributed by atoms with Crippen LogP contribution in [0.3, 0.4) is 0 Å². The van der Waals surface area contributed by atoms with Crippen LogP contribution in [0.5, 0.6) is 0 Å².